The van der Waals surface area contributed by atoms with E-state index in [1.54, 1.807) is 5.38 Å². The van der Waals surface area contributed by atoms with Crippen molar-refractivity contribution in [3.63, 3.8) is 0 Å². The molecule has 3 aromatic rings. The van der Waals surface area contributed by atoms with Crippen molar-refractivity contribution >= 4 is 27.3 Å². The lowest BCUT2D eigenvalue weighted by atomic mass is 10.0. The van der Waals surface area contributed by atoms with Crippen molar-refractivity contribution in [1.29, 1.82) is 0 Å². The molecule has 1 aromatic heterocycles. The molecule has 0 unspecified atom stereocenters. The molecule has 0 saturated carbocycles. The van der Waals surface area contributed by atoms with E-state index in [9.17, 15) is 13.2 Å². The highest BCUT2D eigenvalue weighted by Crippen LogP contribution is 2.29. The van der Waals surface area contributed by atoms with E-state index in [-0.39, 0.29) is 15.7 Å². The smallest absolute Gasteiger partial charge is 0.262 e. The summed E-state index contributed by atoms with van der Waals surface area (Å²) in [6.07, 6.45) is 1.38. The Balaban J connectivity index is 1.47. The van der Waals surface area contributed by atoms with Gasteiger partial charge in [0, 0.05) is 19.6 Å². The highest BCUT2D eigenvalue weighted by molar-refractivity contribution is 7.89. The topological polar surface area (TPSA) is 66.5 Å². The van der Waals surface area contributed by atoms with Crippen molar-refractivity contribution in [2.24, 2.45) is 0 Å². The van der Waals surface area contributed by atoms with Gasteiger partial charge in [-0.3, -0.25) is 4.79 Å². The minimum Gasteiger partial charge on any atom is -0.351 e. The number of carbonyl (C=O) groups excluding carboxylic acids is 1. The van der Waals surface area contributed by atoms with Gasteiger partial charge in [-0.1, -0.05) is 54.6 Å². The maximum absolute atomic E-state index is 13.2. The van der Waals surface area contributed by atoms with Crippen LogP contribution in [0.5, 0.6) is 0 Å². The molecule has 2 aromatic carbocycles. The summed E-state index contributed by atoms with van der Waals surface area (Å²) in [6.45, 7) is 1.21. The third-order valence-electron chi connectivity index (χ3n) is 5.09. The molecule has 5 nitrogen and oxygen atoms in total. The summed E-state index contributed by atoms with van der Waals surface area (Å²) in [6, 6.07) is 19.3. The zero-order valence-electron chi connectivity index (χ0n) is 15.9. The van der Waals surface area contributed by atoms with Crippen molar-refractivity contribution in [3.05, 3.63) is 87.6 Å². The van der Waals surface area contributed by atoms with Crippen LogP contribution in [0.1, 0.15) is 26.4 Å². The Labute approximate surface area is 175 Å². The molecule has 1 aliphatic heterocycles. The van der Waals surface area contributed by atoms with E-state index < -0.39 is 10.0 Å². The van der Waals surface area contributed by atoms with Crippen LogP contribution in [0, 0.1) is 0 Å². The SMILES string of the molecule is O=C(NCCc1ccccc1)c1sccc1S(=O)(=O)N1CCc2ccccc2C1. The first kappa shape index (κ1) is 19.8. The average Bonchev–Trinajstić information content (AvgIpc) is 3.25. The number of carbonyl (C=O) groups is 1. The van der Waals surface area contributed by atoms with Gasteiger partial charge in [-0.2, -0.15) is 4.31 Å². The summed E-state index contributed by atoms with van der Waals surface area (Å²) in [5.74, 6) is -0.341. The normalized spacial score (nSPS) is 14.3. The molecular weight excluding hydrogens is 404 g/mol. The lowest BCUT2D eigenvalue weighted by Gasteiger charge is -2.28. The number of fused-ring (bicyclic) bond motifs is 1. The summed E-state index contributed by atoms with van der Waals surface area (Å²) in [5.41, 5.74) is 3.33. The molecule has 0 aliphatic carbocycles. The van der Waals surface area contributed by atoms with E-state index in [4.69, 9.17) is 0 Å². The Morgan fingerprint density at radius 1 is 1.00 bits per heavy atom. The molecule has 0 saturated heterocycles. The molecule has 1 N–H and O–H groups in total. The molecule has 0 bridgehead atoms. The second-order valence-corrected chi connectivity index (χ2v) is 9.79. The summed E-state index contributed by atoms with van der Waals surface area (Å²) in [7, 11) is -3.73. The lowest BCUT2D eigenvalue weighted by Crippen LogP contribution is -2.37. The standard InChI is InChI=1S/C22H22N2O3S2/c25-22(23-13-10-17-6-2-1-3-7-17)21-20(12-15-28-21)29(26,27)24-14-11-18-8-4-5-9-19(18)16-24/h1-9,12,15H,10-11,13-14,16H2,(H,23,25). The first-order valence-corrected chi connectivity index (χ1v) is 11.8. The van der Waals surface area contributed by atoms with Crippen LogP contribution in [0.3, 0.4) is 0 Å². The maximum atomic E-state index is 13.2. The molecule has 0 spiro atoms. The highest BCUT2D eigenvalue weighted by atomic mass is 32.2. The number of sulfonamides is 1. The van der Waals surface area contributed by atoms with Gasteiger partial charge in [0.2, 0.25) is 10.0 Å². The molecule has 7 heteroatoms. The molecule has 0 atom stereocenters. The zero-order valence-corrected chi connectivity index (χ0v) is 17.5. The van der Waals surface area contributed by atoms with Crippen LogP contribution in [0.15, 0.2) is 70.9 Å². The van der Waals surface area contributed by atoms with Crippen LogP contribution in [-0.2, 0) is 29.4 Å². The molecule has 1 aliphatic rings. The van der Waals surface area contributed by atoms with Crippen molar-refractivity contribution in [1.82, 2.24) is 9.62 Å². The first-order valence-electron chi connectivity index (χ1n) is 9.52. The number of rotatable bonds is 6. The lowest BCUT2D eigenvalue weighted by molar-refractivity contribution is 0.0955. The van der Waals surface area contributed by atoms with Crippen molar-refractivity contribution < 1.29 is 13.2 Å². The van der Waals surface area contributed by atoms with Gasteiger partial charge in [-0.25, -0.2) is 8.42 Å². The summed E-state index contributed by atoms with van der Waals surface area (Å²) in [4.78, 5) is 13.0. The number of hydrogen-bond donors (Lipinski definition) is 1. The minimum atomic E-state index is -3.73. The largest absolute Gasteiger partial charge is 0.351 e. The van der Waals surface area contributed by atoms with E-state index in [1.165, 1.54) is 15.9 Å². The van der Waals surface area contributed by atoms with Gasteiger partial charge in [0.05, 0.1) is 0 Å². The van der Waals surface area contributed by atoms with Gasteiger partial charge >= 0.3 is 0 Å². The maximum Gasteiger partial charge on any atom is 0.262 e. The molecule has 1 amide bonds. The second-order valence-electron chi connectivity index (χ2n) is 6.96. The number of thiophene rings is 1. The van der Waals surface area contributed by atoms with E-state index >= 15 is 0 Å². The third-order valence-corrected chi connectivity index (χ3v) is 8.02. The predicted molar refractivity (Wildman–Crippen MR) is 115 cm³/mol. The quantitative estimate of drug-likeness (QED) is 0.656. The number of nitrogens with zero attached hydrogens (tertiary/aromatic N) is 1. The Bertz CT molecular complexity index is 1110. The third kappa shape index (κ3) is 4.27. The van der Waals surface area contributed by atoms with E-state index in [2.05, 4.69) is 5.32 Å². The summed E-state index contributed by atoms with van der Waals surface area (Å²) >= 11 is 1.16. The highest BCUT2D eigenvalue weighted by Gasteiger charge is 2.32. The van der Waals surface area contributed by atoms with Crippen LogP contribution in [0.2, 0.25) is 0 Å². The molecule has 29 heavy (non-hydrogen) atoms. The fourth-order valence-corrected chi connectivity index (χ4v) is 6.26. The van der Waals surface area contributed by atoms with Crippen LogP contribution < -0.4 is 5.32 Å². The summed E-state index contributed by atoms with van der Waals surface area (Å²) < 4.78 is 27.9. The predicted octanol–water partition coefficient (Wildman–Crippen LogP) is 3.47. The van der Waals surface area contributed by atoms with E-state index in [0.717, 1.165) is 22.5 Å². The number of amides is 1. The average molecular weight is 427 g/mol. The van der Waals surface area contributed by atoms with Crippen LogP contribution >= 0.6 is 11.3 Å². The fraction of sp³-hybridized carbons (Fsp3) is 0.227. The van der Waals surface area contributed by atoms with E-state index in [0.29, 0.717) is 32.5 Å². The Hall–Kier alpha value is -2.48. The first-order chi connectivity index (χ1) is 14.1. The van der Waals surface area contributed by atoms with Gasteiger partial charge in [-0.05, 0) is 41.0 Å². The molecule has 0 radical (unpaired) electrons. The van der Waals surface area contributed by atoms with E-state index in [1.807, 2.05) is 54.6 Å². The Morgan fingerprint density at radius 3 is 2.52 bits per heavy atom. The van der Waals surface area contributed by atoms with Gasteiger partial charge < -0.3 is 5.32 Å². The number of hydrogen-bond acceptors (Lipinski definition) is 4. The Kier molecular flexibility index (Phi) is 5.80. The van der Waals surface area contributed by atoms with Gasteiger partial charge in [-0.15, -0.1) is 11.3 Å². The Morgan fingerprint density at radius 2 is 1.72 bits per heavy atom. The monoisotopic (exact) mass is 426 g/mol. The summed E-state index contributed by atoms with van der Waals surface area (Å²) in [5, 5.41) is 4.52. The number of nitrogens with one attached hydrogen (secondary N) is 1. The van der Waals surface area contributed by atoms with Crippen LogP contribution in [0.25, 0.3) is 0 Å². The van der Waals surface area contributed by atoms with Gasteiger partial charge in [0.1, 0.15) is 9.77 Å². The molecular formula is C22H22N2O3S2. The number of benzene rings is 2. The van der Waals surface area contributed by atoms with Gasteiger partial charge in [0.15, 0.2) is 0 Å². The van der Waals surface area contributed by atoms with Crippen molar-refractivity contribution in [2.75, 3.05) is 13.1 Å². The van der Waals surface area contributed by atoms with Gasteiger partial charge in [0.25, 0.3) is 5.91 Å². The fourth-order valence-electron chi connectivity index (χ4n) is 3.53. The molecule has 4 rings (SSSR count). The molecule has 0 fully saturated rings. The zero-order chi connectivity index (χ0) is 20.3. The molecule has 150 valence electrons. The molecule has 2 heterocycles. The second kappa shape index (κ2) is 8.49. The van der Waals surface area contributed by atoms with Crippen LogP contribution in [0.4, 0.5) is 0 Å². The van der Waals surface area contributed by atoms with Crippen molar-refractivity contribution in [3.8, 4) is 0 Å². The minimum absolute atomic E-state index is 0.0964. The van der Waals surface area contributed by atoms with Crippen molar-refractivity contribution in [2.45, 2.75) is 24.3 Å². The van der Waals surface area contributed by atoms with Crippen LogP contribution in [-0.4, -0.2) is 31.7 Å².